The molecule has 0 spiro atoms. The Kier molecular flexibility index (Phi) is 12.3. The molecule has 0 aromatic rings. The average molecular weight is 264 g/mol. The Labute approximate surface area is 119 Å². The molecule has 0 saturated carbocycles. The summed E-state index contributed by atoms with van der Waals surface area (Å²) in [6, 6.07) is 0. The first-order chi connectivity index (χ1) is 9.77. The first kappa shape index (κ1) is 17.2. The summed E-state index contributed by atoms with van der Waals surface area (Å²) in [6.45, 7) is 2.19. The van der Waals surface area contributed by atoms with Crippen LogP contribution in [-0.2, 0) is 4.79 Å². The van der Waals surface area contributed by atoms with Gasteiger partial charge in [-0.2, -0.15) is 0 Å². The lowest BCUT2D eigenvalue weighted by molar-refractivity contribution is -0.131. The molecule has 0 unspecified atom stereocenters. The van der Waals surface area contributed by atoms with Gasteiger partial charge in [0.1, 0.15) is 0 Å². The van der Waals surface area contributed by atoms with Crippen LogP contribution in [0.25, 0.3) is 0 Å². The van der Waals surface area contributed by atoms with Crippen molar-refractivity contribution in [3.05, 3.63) is 63.7 Å². The summed E-state index contributed by atoms with van der Waals surface area (Å²) >= 11 is 0. The minimum atomic E-state index is -1.09. The summed E-state index contributed by atoms with van der Waals surface area (Å²) in [4.78, 5) is 10.1. The van der Waals surface area contributed by atoms with Crippen molar-refractivity contribution in [1.82, 2.24) is 0 Å². The third-order valence-corrected chi connectivity index (χ3v) is 2.02. The maximum atomic E-state index is 10.1. The standard InChI is InChI=1S/C18H16O2/c1-2-3-4-5-6-7-8-9-10-11-12-13-14-15-16-17-18(19)20/h7,17H,2-6H2,1H3,(H,19,20). The number of hydrogen-bond acceptors (Lipinski definition) is 1. The van der Waals surface area contributed by atoms with Crippen LogP contribution in [0.15, 0.2) is 63.7 Å². The summed E-state index contributed by atoms with van der Waals surface area (Å²) in [7, 11) is 0. The zero-order chi connectivity index (χ0) is 14.9. The molecule has 0 fully saturated rings. The monoisotopic (exact) mass is 264 g/mol. The molecule has 0 heterocycles. The average Bonchev–Trinajstić information content (AvgIpc) is 2.43. The lowest BCUT2D eigenvalue weighted by Gasteiger charge is -1.91. The van der Waals surface area contributed by atoms with Crippen LogP contribution >= 0.6 is 0 Å². The Morgan fingerprint density at radius 1 is 0.900 bits per heavy atom. The van der Waals surface area contributed by atoms with E-state index in [4.69, 9.17) is 5.11 Å². The van der Waals surface area contributed by atoms with E-state index in [0.717, 1.165) is 12.5 Å². The van der Waals surface area contributed by atoms with Crippen molar-refractivity contribution in [3.63, 3.8) is 0 Å². The molecule has 0 amide bonds. The van der Waals surface area contributed by atoms with E-state index in [9.17, 15) is 4.79 Å². The lowest BCUT2D eigenvalue weighted by atomic mass is 10.1. The van der Waals surface area contributed by atoms with Crippen molar-refractivity contribution >= 4 is 5.97 Å². The van der Waals surface area contributed by atoms with Gasteiger partial charge in [0, 0.05) is 0 Å². The van der Waals surface area contributed by atoms with Crippen molar-refractivity contribution < 1.29 is 9.90 Å². The van der Waals surface area contributed by atoms with E-state index in [1.54, 1.807) is 0 Å². The van der Waals surface area contributed by atoms with Crippen LogP contribution in [0.3, 0.4) is 0 Å². The zero-order valence-electron chi connectivity index (χ0n) is 11.5. The van der Waals surface area contributed by atoms with Gasteiger partial charge < -0.3 is 5.11 Å². The van der Waals surface area contributed by atoms with Crippen molar-refractivity contribution in [2.75, 3.05) is 0 Å². The predicted octanol–water partition coefficient (Wildman–Crippen LogP) is 3.99. The Bertz CT molecular complexity index is 653. The van der Waals surface area contributed by atoms with E-state index >= 15 is 0 Å². The molecule has 1 N–H and O–H groups in total. The van der Waals surface area contributed by atoms with Gasteiger partial charge in [0.25, 0.3) is 0 Å². The van der Waals surface area contributed by atoms with Gasteiger partial charge in [-0.1, -0.05) is 37.6 Å². The van der Waals surface area contributed by atoms with Crippen molar-refractivity contribution in [2.24, 2.45) is 0 Å². The summed E-state index contributed by atoms with van der Waals surface area (Å²) in [6.07, 6.45) is 8.67. The van der Waals surface area contributed by atoms with Crippen molar-refractivity contribution in [3.8, 4) is 0 Å². The van der Waals surface area contributed by atoms with Crippen LogP contribution in [-0.4, -0.2) is 11.1 Å². The van der Waals surface area contributed by atoms with Gasteiger partial charge in [-0.05, 0) is 59.0 Å². The molecule has 20 heavy (non-hydrogen) atoms. The van der Waals surface area contributed by atoms with Gasteiger partial charge in [-0.15, -0.1) is 0 Å². The molecule has 0 radical (unpaired) electrons. The first-order valence-electron chi connectivity index (χ1n) is 6.41. The van der Waals surface area contributed by atoms with E-state index < -0.39 is 5.97 Å². The molecule has 0 rings (SSSR count). The number of hydrogen-bond donors (Lipinski definition) is 1. The van der Waals surface area contributed by atoms with Gasteiger partial charge >= 0.3 is 5.97 Å². The Balaban J connectivity index is 4.61. The molecular weight excluding hydrogens is 248 g/mol. The van der Waals surface area contributed by atoms with E-state index in [1.165, 1.54) is 25.7 Å². The molecule has 100 valence electrons. The first-order valence-corrected chi connectivity index (χ1v) is 6.41. The maximum absolute atomic E-state index is 10.1. The second-order valence-electron chi connectivity index (χ2n) is 3.70. The molecule has 0 aliphatic carbocycles. The quantitative estimate of drug-likeness (QED) is 0.447. The van der Waals surface area contributed by atoms with Gasteiger partial charge in [0.2, 0.25) is 0 Å². The number of rotatable bonds is 6. The molecule has 0 aromatic heterocycles. The molecule has 0 saturated heterocycles. The minimum Gasteiger partial charge on any atom is -0.478 e. The molecule has 0 aliphatic rings. The number of unbranched alkanes of at least 4 members (excludes halogenated alkanes) is 4. The second kappa shape index (κ2) is 14.3. The molecule has 2 nitrogen and oxygen atoms in total. The van der Waals surface area contributed by atoms with Crippen LogP contribution in [0.4, 0.5) is 0 Å². The number of allylic oxidation sites excluding steroid dienone is 1. The van der Waals surface area contributed by atoms with Crippen LogP contribution < -0.4 is 0 Å². The molecular formula is C18H16O2. The highest BCUT2D eigenvalue weighted by Crippen LogP contribution is 2.01. The lowest BCUT2D eigenvalue weighted by Crippen LogP contribution is -1.82. The van der Waals surface area contributed by atoms with Gasteiger partial charge in [0.05, 0.1) is 6.08 Å². The maximum Gasteiger partial charge on any atom is 0.336 e. The summed E-state index contributed by atoms with van der Waals surface area (Å²) in [5.74, 6) is -1.09. The normalized spacial score (nSPS) is 6.85. The Morgan fingerprint density at radius 2 is 1.50 bits per heavy atom. The number of aliphatic carboxylic acids is 1. The highest BCUT2D eigenvalue weighted by atomic mass is 16.4. The third kappa shape index (κ3) is 15.2. The van der Waals surface area contributed by atoms with Crippen LogP contribution in [0, 0.1) is 0 Å². The van der Waals surface area contributed by atoms with Crippen LogP contribution in [0.1, 0.15) is 39.0 Å². The minimum absolute atomic E-state index is 0.822. The largest absolute Gasteiger partial charge is 0.478 e. The van der Waals surface area contributed by atoms with Gasteiger partial charge in [-0.25, -0.2) is 4.79 Å². The predicted molar refractivity (Wildman–Crippen MR) is 77.2 cm³/mol. The molecule has 0 atom stereocenters. The number of carboxylic acid groups (broad SMARTS) is 1. The third-order valence-electron chi connectivity index (χ3n) is 2.02. The van der Waals surface area contributed by atoms with E-state index in [2.05, 4.69) is 58.5 Å². The summed E-state index contributed by atoms with van der Waals surface area (Å²) in [5, 5.41) is 8.25. The zero-order valence-corrected chi connectivity index (χ0v) is 11.5. The fraction of sp³-hybridized carbons (Fsp3) is 0.333. The topological polar surface area (TPSA) is 37.3 Å². The van der Waals surface area contributed by atoms with Crippen LogP contribution in [0.2, 0.25) is 0 Å². The Morgan fingerprint density at radius 3 is 2.10 bits per heavy atom. The molecule has 0 aromatic carbocycles. The second-order valence-corrected chi connectivity index (χ2v) is 3.70. The molecule has 2 heteroatoms. The molecule has 0 aliphatic heterocycles. The number of carboxylic acids is 1. The van der Waals surface area contributed by atoms with Crippen molar-refractivity contribution in [1.29, 1.82) is 0 Å². The number of carbonyl (C=O) groups is 1. The highest BCUT2D eigenvalue weighted by Gasteiger charge is 1.82. The van der Waals surface area contributed by atoms with Crippen LogP contribution in [0.5, 0.6) is 0 Å². The SMILES string of the molecule is CCCCCCC=C=C=C=C=C=C=C=C=C=CC(=O)O. The fourth-order valence-electron chi connectivity index (χ4n) is 1.12. The Hall–Kier alpha value is -2.77. The molecule has 0 bridgehead atoms. The van der Waals surface area contributed by atoms with Gasteiger partial charge in [-0.3, -0.25) is 0 Å². The van der Waals surface area contributed by atoms with E-state index in [0.29, 0.717) is 0 Å². The smallest absolute Gasteiger partial charge is 0.336 e. The fourth-order valence-corrected chi connectivity index (χ4v) is 1.12. The van der Waals surface area contributed by atoms with E-state index in [1.807, 2.05) is 6.08 Å². The van der Waals surface area contributed by atoms with E-state index in [-0.39, 0.29) is 0 Å². The van der Waals surface area contributed by atoms with Gasteiger partial charge in [0.15, 0.2) is 0 Å². The van der Waals surface area contributed by atoms with Crippen molar-refractivity contribution in [2.45, 2.75) is 39.0 Å². The summed E-state index contributed by atoms with van der Waals surface area (Å²) < 4.78 is 0. The highest BCUT2D eigenvalue weighted by molar-refractivity contribution is 5.79. The summed E-state index contributed by atoms with van der Waals surface area (Å²) in [5.41, 5.74) is 22.6.